The maximum atomic E-state index is 13.5. The van der Waals surface area contributed by atoms with Gasteiger partial charge in [0, 0.05) is 45.5 Å². The van der Waals surface area contributed by atoms with E-state index in [9.17, 15) is 19.5 Å². The molecule has 1 atom stereocenters. The summed E-state index contributed by atoms with van der Waals surface area (Å²) in [5, 5.41) is 9.93. The van der Waals surface area contributed by atoms with Crippen LogP contribution >= 0.6 is 0 Å². The van der Waals surface area contributed by atoms with E-state index in [-0.39, 0.29) is 37.0 Å². The highest BCUT2D eigenvalue weighted by atomic mass is 16.6. The van der Waals surface area contributed by atoms with Crippen LogP contribution in [-0.2, 0) is 25.6 Å². The Morgan fingerprint density at radius 1 is 1.09 bits per heavy atom. The summed E-state index contributed by atoms with van der Waals surface area (Å²) >= 11 is 0. The molecule has 1 aliphatic carbocycles. The first-order valence-corrected chi connectivity index (χ1v) is 12.7. The third-order valence-corrected chi connectivity index (χ3v) is 7.44. The van der Waals surface area contributed by atoms with E-state index < -0.39 is 11.4 Å². The summed E-state index contributed by atoms with van der Waals surface area (Å²) in [7, 11) is 0. The topological polar surface area (TPSA) is 113 Å². The van der Waals surface area contributed by atoms with Crippen LogP contribution in [0, 0.1) is 5.41 Å². The number of aromatic hydroxyl groups is 1. The lowest BCUT2D eigenvalue weighted by Gasteiger charge is -2.35. The van der Waals surface area contributed by atoms with E-state index in [2.05, 4.69) is 9.88 Å². The Bertz CT molecular complexity index is 911. The molecule has 0 radical (unpaired) electrons. The molecule has 3 fully saturated rings. The highest BCUT2D eigenvalue weighted by Gasteiger charge is 2.52. The van der Waals surface area contributed by atoms with Crippen LogP contribution in [0.2, 0.25) is 0 Å². The normalized spacial score (nSPS) is 22.3. The number of likely N-dealkylation sites (tertiary alicyclic amines) is 1. The largest absolute Gasteiger partial charge is 0.506 e. The van der Waals surface area contributed by atoms with Gasteiger partial charge in [-0.3, -0.25) is 19.5 Å². The highest BCUT2D eigenvalue weighted by molar-refractivity contribution is 6.03. The van der Waals surface area contributed by atoms with Crippen LogP contribution in [0.1, 0.15) is 51.1 Å². The molecule has 1 N–H and O–H groups in total. The number of amides is 2. The fraction of sp³-hybridized carbons (Fsp3) is 0.680. The van der Waals surface area contributed by atoms with Crippen LogP contribution in [0.15, 0.2) is 18.3 Å². The van der Waals surface area contributed by atoms with Crippen molar-refractivity contribution in [3.05, 3.63) is 24.0 Å². The van der Waals surface area contributed by atoms with Crippen LogP contribution in [0.25, 0.3) is 0 Å². The molecule has 0 spiro atoms. The first-order chi connectivity index (χ1) is 16.9. The Kier molecular flexibility index (Phi) is 8.10. The number of esters is 1. The molecule has 1 unspecified atom stereocenters. The van der Waals surface area contributed by atoms with Crippen molar-refractivity contribution in [2.75, 3.05) is 45.9 Å². The molecule has 10 heteroatoms. The van der Waals surface area contributed by atoms with Gasteiger partial charge >= 0.3 is 12.1 Å². The van der Waals surface area contributed by atoms with E-state index in [1.807, 2.05) is 0 Å². The van der Waals surface area contributed by atoms with Crippen LogP contribution in [0.4, 0.5) is 4.79 Å². The number of carbonyl (C=O) groups is 3. The lowest BCUT2D eigenvalue weighted by Crippen LogP contribution is -2.51. The van der Waals surface area contributed by atoms with Gasteiger partial charge in [-0.05, 0) is 44.7 Å². The van der Waals surface area contributed by atoms with Gasteiger partial charge in [0.05, 0.1) is 18.3 Å². The van der Waals surface area contributed by atoms with E-state index in [0.717, 1.165) is 25.7 Å². The first kappa shape index (κ1) is 25.2. The second-order valence-corrected chi connectivity index (χ2v) is 9.61. The molecule has 4 rings (SSSR count). The fourth-order valence-electron chi connectivity index (χ4n) is 5.41. The van der Waals surface area contributed by atoms with Crippen molar-refractivity contribution in [3.8, 4) is 5.75 Å². The van der Waals surface area contributed by atoms with Crippen molar-refractivity contribution < 1.29 is 29.0 Å². The quantitative estimate of drug-likeness (QED) is 0.459. The molecular formula is C25H36N4O6. The number of rotatable bonds is 7. The van der Waals surface area contributed by atoms with Gasteiger partial charge in [-0.15, -0.1) is 0 Å². The first-order valence-electron chi connectivity index (χ1n) is 12.7. The van der Waals surface area contributed by atoms with Crippen molar-refractivity contribution in [1.82, 2.24) is 19.7 Å². The Hall–Kier alpha value is -2.88. The SMILES string of the molecule is CCOC(=O)C1(C(=O)N2CCCC2COC(=O)N2CCN(Cc3ncccc3O)CC2)CCCC1. The van der Waals surface area contributed by atoms with Crippen molar-refractivity contribution >= 4 is 18.0 Å². The van der Waals surface area contributed by atoms with Gasteiger partial charge in [-0.25, -0.2) is 4.79 Å². The molecule has 1 aromatic heterocycles. The van der Waals surface area contributed by atoms with Crippen molar-refractivity contribution in [1.29, 1.82) is 0 Å². The summed E-state index contributed by atoms with van der Waals surface area (Å²) in [5.41, 5.74) is -0.460. The van der Waals surface area contributed by atoms with E-state index in [1.165, 1.54) is 0 Å². The smallest absolute Gasteiger partial charge is 0.409 e. The maximum Gasteiger partial charge on any atom is 0.409 e. The molecule has 10 nitrogen and oxygen atoms in total. The fourth-order valence-corrected chi connectivity index (χ4v) is 5.41. The lowest BCUT2D eigenvalue weighted by molar-refractivity contribution is -0.165. The number of pyridine rings is 1. The number of hydrogen-bond acceptors (Lipinski definition) is 8. The van der Waals surface area contributed by atoms with Crippen molar-refractivity contribution in [2.45, 2.75) is 58.0 Å². The number of hydrogen-bond donors (Lipinski definition) is 1. The second kappa shape index (κ2) is 11.2. The maximum absolute atomic E-state index is 13.5. The minimum atomic E-state index is -1.08. The van der Waals surface area contributed by atoms with Gasteiger partial charge in [0.1, 0.15) is 17.8 Å². The van der Waals surface area contributed by atoms with Gasteiger partial charge in [0.2, 0.25) is 5.91 Å². The van der Waals surface area contributed by atoms with Gasteiger partial charge in [0.15, 0.2) is 0 Å². The van der Waals surface area contributed by atoms with Crippen LogP contribution in [0.5, 0.6) is 5.75 Å². The molecule has 2 saturated heterocycles. The van der Waals surface area contributed by atoms with Gasteiger partial charge in [-0.2, -0.15) is 0 Å². The van der Waals surface area contributed by atoms with Crippen molar-refractivity contribution in [2.24, 2.45) is 5.41 Å². The zero-order valence-electron chi connectivity index (χ0n) is 20.5. The Balaban J connectivity index is 1.27. The number of carbonyl (C=O) groups excluding carboxylic acids is 3. The predicted molar refractivity (Wildman–Crippen MR) is 126 cm³/mol. The third-order valence-electron chi connectivity index (χ3n) is 7.44. The molecular weight excluding hydrogens is 452 g/mol. The van der Waals surface area contributed by atoms with E-state index >= 15 is 0 Å². The average Bonchev–Trinajstić information content (AvgIpc) is 3.55. The molecule has 2 amide bonds. The monoisotopic (exact) mass is 488 g/mol. The van der Waals surface area contributed by atoms with Gasteiger partial charge < -0.3 is 24.4 Å². The zero-order valence-corrected chi connectivity index (χ0v) is 20.5. The average molecular weight is 489 g/mol. The summed E-state index contributed by atoms with van der Waals surface area (Å²) in [6.45, 7) is 5.58. The molecule has 1 saturated carbocycles. The number of aromatic nitrogens is 1. The molecule has 3 aliphatic rings. The Labute approximate surface area is 206 Å². The van der Waals surface area contributed by atoms with Crippen molar-refractivity contribution in [3.63, 3.8) is 0 Å². The predicted octanol–water partition coefficient (Wildman–Crippen LogP) is 2.16. The van der Waals surface area contributed by atoms with E-state index in [1.54, 1.807) is 35.1 Å². The lowest BCUT2D eigenvalue weighted by atomic mass is 9.84. The number of nitrogens with zero attached hydrogens (tertiary/aromatic N) is 4. The zero-order chi connectivity index (χ0) is 24.8. The standard InChI is InChI=1S/C25H36N4O6/c1-2-34-23(32)25(9-3-4-10-25)22(31)29-12-6-7-19(29)18-35-24(33)28-15-13-27(14-16-28)17-20-21(30)8-5-11-26-20/h5,8,11,19,30H,2-4,6-7,9-10,12-18H2,1H3. The molecule has 35 heavy (non-hydrogen) atoms. The van der Waals surface area contributed by atoms with Gasteiger partial charge in [0.25, 0.3) is 0 Å². The molecule has 0 bridgehead atoms. The van der Waals surface area contributed by atoms with E-state index in [4.69, 9.17) is 9.47 Å². The molecule has 0 aromatic carbocycles. The molecule has 2 aliphatic heterocycles. The third kappa shape index (κ3) is 5.52. The minimum Gasteiger partial charge on any atom is -0.506 e. The number of piperazine rings is 1. The van der Waals surface area contributed by atoms with Crippen LogP contribution < -0.4 is 0 Å². The van der Waals surface area contributed by atoms with E-state index in [0.29, 0.717) is 57.8 Å². The molecule has 3 heterocycles. The summed E-state index contributed by atoms with van der Waals surface area (Å²) in [4.78, 5) is 48.7. The van der Waals surface area contributed by atoms with Gasteiger partial charge in [-0.1, -0.05) is 12.8 Å². The molecule has 192 valence electrons. The summed E-state index contributed by atoms with van der Waals surface area (Å²) < 4.78 is 10.9. The Morgan fingerprint density at radius 2 is 1.83 bits per heavy atom. The minimum absolute atomic E-state index is 0.130. The summed E-state index contributed by atoms with van der Waals surface area (Å²) in [6, 6.07) is 3.09. The number of ether oxygens (including phenoxy) is 2. The summed E-state index contributed by atoms with van der Waals surface area (Å²) in [5.74, 6) is -0.409. The molecule has 1 aromatic rings. The summed E-state index contributed by atoms with van der Waals surface area (Å²) in [6.07, 6.45) is 5.56. The second-order valence-electron chi connectivity index (χ2n) is 9.61. The highest BCUT2D eigenvalue weighted by Crippen LogP contribution is 2.42. The van der Waals surface area contributed by atoms with Crippen LogP contribution in [-0.4, -0.2) is 94.7 Å². The Morgan fingerprint density at radius 3 is 2.51 bits per heavy atom. The van der Waals surface area contributed by atoms with Crippen LogP contribution in [0.3, 0.4) is 0 Å².